The summed E-state index contributed by atoms with van der Waals surface area (Å²) in [5.41, 5.74) is 1.94. The van der Waals surface area contributed by atoms with Gasteiger partial charge in [0.2, 0.25) is 0 Å². The van der Waals surface area contributed by atoms with Gasteiger partial charge < -0.3 is 5.32 Å². The zero-order chi connectivity index (χ0) is 17.2. The van der Waals surface area contributed by atoms with Crippen molar-refractivity contribution in [3.8, 4) is 10.7 Å². The Bertz CT molecular complexity index is 914. The molecule has 0 saturated heterocycles. The van der Waals surface area contributed by atoms with Crippen LogP contribution in [0.5, 0.6) is 0 Å². The number of nitrogens with zero attached hydrogens (tertiary/aromatic N) is 2. The van der Waals surface area contributed by atoms with Crippen molar-refractivity contribution in [1.82, 2.24) is 15.3 Å². The maximum absolute atomic E-state index is 13.6. The van der Waals surface area contributed by atoms with Gasteiger partial charge in [-0.1, -0.05) is 6.07 Å². The number of fused-ring (bicyclic) bond motifs is 1. The largest absolute Gasteiger partial charge is 0.344 e. The number of aromatic nitrogens is 2. The van der Waals surface area contributed by atoms with E-state index in [0.717, 1.165) is 28.3 Å². The number of carbonyl (C=O) groups is 1. The number of carbonyl (C=O) groups excluding carboxylic acids is 1. The Morgan fingerprint density at radius 3 is 3.04 bits per heavy atom. The third kappa shape index (κ3) is 3.43. The molecule has 1 aromatic carbocycles. The molecule has 4 nitrogen and oxygen atoms in total. The van der Waals surface area contributed by atoms with Crippen molar-refractivity contribution >= 4 is 29.0 Å². The van der Waals surface area contributed by atoms with Gasteiger partial charge in [-0.15, -0.1) is 23.1 Å². The van der Waals surface area contributed by atoms with Crippen LogP contribution in [0.25, 0.3) is 10.7 Å². The predicted molar refractivity (Wildman–Crippen MR) is 97.3 cm³/mol. The summed E-state index contributed by atoms with van der Waals surface area (Å²) in [6.07, 6.45) is 2.46. The van der Waals surface area contributed by atoms with E-state index in [1.54, 1.807) is 29.4 Å². The van der Waals surface area contributed by atoms with Crippen LogP contribution in [-0.2, 0) is 0 Å². The summed E-state index contributed by atoms with van der Waals surface area (Å²) in [7, 11) is 0. The number of hydrogen-bond acceptors (Lipinski definition) is 5. The minimum absolute atomic E-state index is 0.195. The Labute approximate surface area is 152 Å². The summed E-state index contributed by atoms with van der Waals surface area (Å²) < 4.78 is 13.6. The smallest absolute Gasteiger partial charge is 0.271 e. The molecule has 3 aromatic rings. The van der Waals surface area contributed by atoms with Crippen LogP contribution < -0.4 is 5.32 Å². The normalized spacial score (nSPS) is 16.3. The Morgan fingerprint density at radius 2 is 2.20 bits per heavy atom. The van der Waals surface area contributed by atoms with Crippen molar-refractivity contribution < 1.29 is 9.18 Å². The number of nitrogens with one attached hydrogen (secondary N) is 1. The van der Waals surface area contributed by atoms with Crippen LogP contribution in [0, 0.1) is 5.82 Å². The minimum Gasteiger partial charge on any atom is -0.344 e. The topological polar surface area (TPSA) is 54.9 Å². The Balaban J connectivity index is 1.54. The number of halogens is 1. The molecule has 0 unspecified atom stereocenters. The average Bonchev–Trinajstić information content (AvgIpc) is 3.13. The maximum atomic E-state index is 13.6. The standard InChI is InChI=1S/C18H14FN3OS2/c19-11-4-5-16-12(9-11)13(6-8-24-16)21-17(23)15-10-25-18(22-15)14-3-1-2-7-20-14/h1-5,7,9-10,13H,6,8H2,(H,21,23)/t13-/m0/s1. The van der Waals surface area contributed by atoms with Crippen molar-refractivity contribution in [3.63, 3.8) is 0 Å². The van der Waals surface area contributed by atoms with E-state index >= 15 is 0 Å². The summed E-state index contributed by atoms with van der Waals surface area (Å²) in [6, 6.07) is 10.1. The second-order valence-corrected chi connectivity index (χ2v) is 7.59. The SMILES string of the molecule is O=C(N[C@H]1CCSc2ccc(F)cc21)c1csc(-c2ccccn2)n1. The number of benzene rings is 1. The van der Waals surface area contributed by atoms with Crippen LogP contribution in [0.2, 0.25) is 0 Å². The van der Waals surface area contributed by atoms with Crippen molar-refractivity contribution in [2.45, 2.75) is 17.4 Å². The van der Waals surface area contributed by atoms with Crippen molar-refractivity contribution in [2.75, 3.05) is 5.75 Å². The second-order valence-electron chi connectivity index (χ2n) is 5.60. The fraction of sp³-hybridized carbons (Fsp3) is 0.167. The zero-order valence-corrected chi connectivity index (χ0v) is 14.7. The number of thiazole rings is 1. The molecule has 0 bridgehead atoms. The van der Waals surface area contributed by atoms with E-state index in [1.807, 2.05) is 18.2 Å². The highest BCUT2D eigenvalue weighted by Gasteiger charge is 2.24. The highest BCUT2D eigenvalue weighted by atomic mass is 32.2. The quantitative estimate of drug-likeness (QED) is 0.745. The summed E-state index contributed by atoms with van der Waals surface area (Å²) >= 11 is 3.07. The van der Waals surface area contributed by atoms with Gasteiger partial charge >= 0.3 is 0 Å². The first-order valence-corrected chi connectivity index (χ1v) is 9.67. The van der Waals surface area contributed by atoms with Gasteiger partial charge in [-0.2, -0.15) is 0 Å². The molecule has 25 heavy (non-hydrogen) atoms. The second kappa shape index (κ2) is 6.93. The van der Waals surface area contributed by atoms with Gasteiger partial charge in [-0.25, -0.2) is 9.37 Å². The van der Waals surface area contributed by atoms with Crippen molar-refractivity contribution in [1.29, 1.82) is 0 Å². The van der Waals surface area contributed by atoms with Crippen molar-refractivity contribution in [2.24, 2.45) is 0 Å². The molecule has 7 heteroatoms. The third-order valence-electron chi connectivity index (χ3n) is 3.94. The lowest BCUT2D eigenvalue weighted by molar-refractivity contribution is 0.0930. The van der Waals surface area contributed by atoms with Gasteiger partial charge in [0.25, 0.3) is 5.91 Å². The molecule has 0 radical (unpaired) electrons. The van der Waals surface area contributed by atoms with Crippen molar-refractivity contribution in [3.05, 3.63) is 65.0 Å². The van der Waals surface area contributed by atoms with E-state index in [9.17, 15) is 9.18 Å². The van der Waals surface area contributed by atoms with Crippen LogP contribution in [0.4, 0.5) is 4.39 Å². The lowest BCUT2D eigenvalue weighted by atomic mass is 10.0. The summed E-state index contributed by atoms with van der Waals surface area (Å²) in [4.78, 5) is 22.2. The zero-order valence-electron chi connectivity index (χ0n) is 13.1. The number of thioether (sulfide) groups is 1. The van der Waals surface area contributed by atoms with E-state index in [-0.39, 0.29) is 17.8 Å². The number of pyridine rings is 1. The first kappa shape index (κ1) is 16.2. The summed E-state index contributed by atoms with van der Waals surface area (Å²) in [5, 5.41) is 5.42. The van der Waals surface area contributed by atoms with E-state index in [2.05, 4.69) is 15.3 Å². The monoisotopic (exact) mass is 371 g/mol. The van der Waals surface area contributed by atoms with Crippen LogP contribution in [0.15, 0.2) is 52.9 Å². The molecule has 0 saturated carbocycles. The maximum Gasteiger partial charge on any atom is 0.271 e. The van der Waals surface area contributed by atoms with Crippen LogP contribution in [0.3, 0.4) is 0 Å². The first-order valence-electron chi connectivity index (χ1n) is 7.81. The van der Waals surface area contributed by atoms with E-state index < -0.39 is 0 Å². The highest BCUT2D eigenvalue weighted by molar-refractivity contribution is 7.99. The molecule has 0 aliphatic carbocycles. The van der Waals surface area contributed by atoms with Crippen LogP contribution >= 0.6 is 23.1 Å². The van der Waals surface area contributed by atoms with Gasteiger partial charge in [0.15, 0.2) is 0 Å². The van der Waals surface area contributed by atoms with Gasteiger partial charge in [-0.3, -0.25) is 9.78 Å². The molecule has 3 heterocycles. The number of rotatable bonds is 3. The first-order chi connectivity index (χ1) is 12.2. The van der Waals surface area contributed by atoms with E-state index in [0.29, 0.717) is 10.7 Å². The number of amides is 1. The molecule has 2 aromatic heterocycles. The molecule has 1 aliphatic heterocycles. The van der Waals surface area contributed by atoms with E-state index in [4.69, 9.17) is 0 Å². The Morgan fingerprint density at radius 1 is 1.28 bits per heavy atom. The summed E-state index contributed by atoms with van der Waals surface area (Å²) in [5.74, 6) is 0.358. The lowest BCUT2D eigenvalue weighted by Gasteiger charge is -2.25. The molecule has 1 aliphatic rings. The molecule has 0 fully saturated rings. The van der Waals surface area contributed by atoms with Gasteiger partial charge in [0.1, 0.15) is 16.5 Å². The van der Waals surface area contributed by atoms with Gasteiger partial charge in [-0.05, 0) is 42.3 Å². The summed E-state index contributed by atoms with van der Waals surface area (Å²) in [6.45, 7) is 0. The molecular formula is C18H14FN3OS2. The highest BCUT2D eigenvalue weighted by Crippen LogP contribution is 2.36. The molecule has 1 amide bonds. The lowest BCUT2D eigenvalue weighted by Crippen LogP contribution is -2.31. The van der Waals surface area contributed by atoms with Gasteiger partial charge in [0, 0.05) is 22.2 Å². The fourth-order valence-corrected chi connectivity index (χ4v) is 4.61. The molecular weight excluding hydrogens is 357 g/mol. The molecule has 4 rings (SSSR count). The molecule has 1 N–H and O–H groups in total. The van der Waals surface area contributed by atoms with E-state index in [1.165, 1.54) is 23.5 Å². The number of hydrogen-bond donors (Lipinski definition) is 1. The van der Waals surface area contributed by atoms with Crippen LogP contribution in [-0.4, -0.2) is 21.6 Å². The van der Waals surface area contributed by atoms with Crippen LogP contribution in [0.1, 0.15) is 28.5 Å². The van der Waals surface area contributed by atoms with Gasteiger partial charge in [0.05, 0.1) is 11.7 Å². The molecule has 126 valence electrons. The molecule has 1 atom stereocenters. The third-order valence-corrected chi connectivity index (χ3v) is 5.92. The fourth-order valence-electron chi connectivity index (χ4n) is 2.73. The Kier molecular flexibility index (Phi) is 4.50. The predicted octanol–water partition coefficient (Wildman–Crippen LogP) is 4.31. The Hall–Kier alpha value is -2.25. The minimum atomic E-state index is -0.286. The average molecular weight is 371 g/mol. The molecule has 0 spiro atoms.